The predicted octanol–water partition coefficient (Wildman–Crippen LogP) is 4.33. The molecular weight excluding hydrogens is 419 g/mol. The molecule has 1 aromatic heterocycles. The summed E-state index contributed by atoms with van der Waals surface area (Å²) >= 11 is 6.39. The number of hydrogen-bond acceptors (Lipinski definition) is 3. The Morgan fingerprint density at radius 2 is 1.87 bits per heavy atom. The second-order valence-corrected chi connectivity index (χ2v) is 7.57. The number of benzene rings is 2. The van der Waals surface area contributed by atoms with Crippen molar-refractivity contribution in [3.05, 3.63) is 104 Å². The van der Waals surface area contributed by atoms with Crippen molar-refractivity contribution >= 4 is 23.3 Å². The Labute approximate surface area is 184 Å². The van der Waals surface area contributed by atoms with Crippen LogP contribution in [0.3, 0.4) is 0 Å². The smallest absolute Gasteiger partial charge is 0.254 e. The third-order valence-electron chi connectivity index (χ3n) is 5.06. The van der Waals surface area contributed by atoms with Gasteiger partial charge >= 0.3 is 0 Å². The van der Waals surface area contributed by atoms with Crippen molar-refractivity contribution in [2.45, 2.75) is 19.3 Å². The van der Waals surface area contributed by atoms with E-state index in [9.17, 15) is 18.8 Å². The van der Waals surface area contributed by atoms with Gasteiger partial charge in [0.2, 0.25) is 5.56 Å². The molecule has 0 aliphatic rings. The van der Waals surface area contributed by atoms with E-state index in [1.165, 1.54) is 35.0 Å². The minimum Gasteiger partial charge on any atom is -0.352 e. The molecule has 2 aromatic carbocycles. The van der Waals surface area contributed by atoms with Crippen LogP contribution in [-0.2, 0) is 7.05 Å². The second kappa shape index (κ2) is 9.71. The van der Waals surface area contributed by atoms with E-state index in [4.69, 9.17) is 11.6 Å². The van der Waals surface area contributed by atoms with E-state index in [0.29, 0.717) is 28.3 Å². The molecular formula is C24H22ClFN2O3. The molecule has 31 heavy (non-hydrogen) atoms. The first-order valence-corrected chi connectivity index (χ1v) is 10.2. The maximum atomic E-state index is 14.7. The van der Waals surface area contributed by atoms with Gasteiger partial charge in [0.15, 0.2) is 5.78 Å². The van der Waals surface area contributed by atoms with Gasteiger partial charge in [-0.1, -0.05) is 35.9 Å². The number of aromatic nitrogens is 1. The lowest BCUT2D eigenvalue weighted by molar-refractivity contribution is 0.0948. The Balaban J connectivity index is 2.01. The molecule has 5 nitrogen and oxygen atoms in total. The van der Waals surface area contributed by atoms with Crippen LogP contribution in [0.2, 0.25) is 5.02 Å². The van der Waals surface area contributed by atoms with Gasteiger partial charge in [-0.05, 0) is 42.3 Å². The Kier molecular flexibility index (Phi) is 7.02. The SMILES string of the molecule is CCNC(=O)c1ccc(C(CC(=O)c2ccc(=O)n(C)c2)c2ccccc2Cl)cc1F. The highest BCUT2D eigenvalue weighted by Gasteiger charge is 2.23. The third-order valence-corrected chi connectivity index (χ3v) is 5.40. The Morgan fingerprint density at radius 3 is 2.52 bits per heavy atom. The molecule has 1 amide bonds. The van der Waals surface area contributed by atoms with Crippen LogP contribution in [0, 0.1) is 5.82 Å². The summed E-state index contributed by atoms with van der Waals surface area (Å²) in [6, 6.07) is 14.2. The van der Waals surface area contributed by atoms with Gasteiger partial charge in [0.1, 0.15) is 5.82 Å². The van der Waals surface area contributed by atoms with Crippen molar-refractivity contribution < 1.29 is 14.0 Å². The number of hydrogen-bond donors (Lipinski definition) is 1. The third kappa shape index (κ3) is 5.09. The van der Waals surface area contributed by atoms with Crippen LogP contribution in [-0.4, -0.2) is 22.8 Å². The molecule has 0 saturated heterocycles. The number of nitrogens with one attached hydrogen (secondary N) is 1. The fourth-order valence-corrected chi connectivity index (χ4v) is 3.68. The summed E-state index contributed by atoms with van der Waals surface area (Å²) in [5.74, 6) is -1.91. The van der Waals surface area contributed by atoms with Gasteiger partial charge in [0.05, 0.1) is 5.56 Å². The number of pyridine rings is 1. The van der Waals surface area contributed by atoms with E-state index in [2.05, 4.69) is 5.32 Å². The summed E-state index contributed by atoms with van der Waals surface area (Å²) in [4.78, 5) is 36.7. The fraction of sp³-hybridized carbons (Fsp3) is 0.208. The second-order valence-electron chi connectivity index (χ2n) is 7.17. The van der Waals surface area contributed by atoms with Crippen LogP contribution < -0.4 is 10.9 Å². The fourth-order valence-electron chi connectivity index (χ4n) is 3.42. The molecule has 1 N–H and O–H groups in total. The lowest BCUT2D eigenvalue weighted by atomic mass is 9.85. The van der Waals surface area contributed by atoms with E-state index in [0.717, 1.165) is 0 Å². The van der Waals surface area contributed by atoms with Crippen LogP contribution in [0.15, 0.2) is 65.6 Å². The number of rotatable bonds is 7. The summed E-state index contributed by atoms with van der Waals surface area (Å²) in [5.41, 5.74) is 1.29. The molecule has 3 rings (SSSR count). The molecule has 3 aromatic rings. The topological polar surface area (TPSA) is 68.2 Å². The van der Waals surface area contributed by atoms with Gasteiger partial charge in [0, 0.05) is 48.8 Å². The molecule has 0 saturated carbocycles. The number of halogens is 2. The van der Waals surface area contributed by atoms with Crippen molar-refractivity contribution in [3.63, 3.8) is 0 Å². The minimum atomic E-state index is -0.671. The Morgan fingerprint density at radius 1 is 1.13 bits per heavy atom. The number of amides is 1. The lowest BCUT2D eigenvalue weighted by Crippen LogP contribution is -2.24. The summed E-state index contributed by atoms with van der Waals surface area (Å²) < 4.78 is 16.1. The Hall–Kier alpha value is -3.25. The van der Waals surface area contributed by atoms with E-state index in [-0.39, 0.29) is 23.3 Å². The van der Waals surface area contributed by atoms with Gasteiger partial charge in [-0.25, -0.2) is 4.39 Å². The largest absolute Gasteiger partial charge is 0.352 e. The van der Waals surface area contributed by atoms with E-state index in [1.54, 1.807) is 44.3 Å². The quantitative estimate of drug-likeness (QED) is 0.556. The molecule has 0 fully saturated rings. The maximum Gasteiger partial charge on any atom is 0.254 e. The van der Waals surface area contributed by atoms with E-state index < -0.39 is 17.6 Å². The van der Waals surface area contributed by atoms with Crippen LogP contribution in [0.4, 0.5) is 4.39 Å². The Bertz CT molecular complexity index is 1190. The van der Waals surface area contributed by atoms with Gasteiger partial charge in [-0.15, -0.1) is 0 Å². The van der Waals surface area contributed by atoms with E-state index in [1.807, 2.05) is 0 Å². The zero-order chi connectivity index (χ0) is 22.5. The van der Waals surface area contributed by atoms with Crippen molar-refractivity contribution in [2.24, 2.45) is 7.05 Å². The number of Topliss-reactive ketones (excluding diaryl/α,β-unsaturated/α-hetero) is 1. The average molecular weight is 441 g/mol. The van der Waals surface area contributed by atoms with Gasteiger partial charge < -0.3 is 9.88 Å². The van der Waals surface area contributed by atoms with Crippen LogP contribution in [0.25, 0.3) is 0 Å². The normalized spacial score (nSPS) is 11.7. The van der Waals surface area contributed by atoms with Crippen molar-refractivity contribution in [2.75, 3.05) is 6.54 Å². The molecule has 7 heteroatoms. The number of nitrogens with zero attached hydrogens (tertiary/aromatic N) is 1. The summed E-state index contributed by atoms with van der Waals surface area (Å²) in [6.45, 7) is 2.14. The maximum absolute atomic E-state index is 14.7. The average Bonchev–Trinajstić information content (AvgIpc) is 2.74. The number of carbonyl (C=O) groups is 2. The van der Waals surface area contributed by atoms with Gasteiger partial charge in [-0.2, -0.15) is 0 Å². The first-order valence-electron chi connectivity index (χ1n) is 9.83. The highest BCUT2D eigenvalue weighted by molar-refractivity contribution is 6.31. The molecule has 0 aliphatic heterocycles. The molecule has 1 atom stereocenters. The lowest BCUT2D eigenvalue weighted by Gasteiger charge is -2.20. The molecule has 0 radical (unpaired) electrons. The number of aryl methyl sites for hydroxylation is 1. The van der Waals surface area contributed by atoms with E-state index >= 15 is 0 Å². The summed E-state index contributed by atoms with van der Waals surface area (Å²) in [6.07, 6.45) is 1.50. The number of ketones is 1. The highest BCUT2D eigenvalue weighted by Crippen LogP contribution is 2.34. The van der Waals surface area contributed by atoms with Gasteiger partial charge in [0.25, 0.3) is 5.91 Å². The zero-order valence-electron chi connectivity index (χ0n) is 17.2. The first kappa shape index (κ1) is 22.4. The van der Waals surface area contributed by atoms with Gasteiger partial charge in [-0.3, -0.25) is 14.4 Å². The van der Waals surface area contributed by atoms with Crippen molar-refractivity contribution in [1.29, 1.82) is 0 Å². The molecule has 0 aliphatic carbocycles. The number of carbonyl (C=O) groups excluding carboxylic acids is 2. The summed E-state index contributed by atoms with van der Waals surface area (Å²) in [5, 5.41) is 3.03. The van der Waals surface area contributed by atoms with Crippen LogP contribution in [0.1, 0.15) is 51.1 Å². The zero-order valence-corrected chi connectivity index (χ0v) is 17.9. The molecule has 1 heterocycles. The predicted molar refractivity (Wildman–Crippen MR) is 118 cm³/mol. The first-order chi connectivity index (χ1) is 14.8. The molecule has 0 bridgehead atoms. The molecule has 1 unspecified atom stereocenters. The standard InChI is InChI=1S/C24H22ClFN2O3/c1-3-27-24(31)18-10-8-15(12-21(18)26)19(17-6-4-5-7-20(17)25)13-22(29)16-9-11-23(30)28(2)14-16/h4-12,14,19H,3,13H2,1-2H3,(H,27,31). The van der Waals surface area contributed by atoms with Crippen molar-refractivity contribution in [1.82, 2.24) is 9.88 Å². The summed E-state index contributed by atoms with van der Waals surface area (Å²) in [7, 11) is 1.57. The van der Waals surface area contributed by atoms with Crippen molar-refractivity contribution in [3.8, 4) is 0 Å². The van der Waals surface area contributed by atoms with Crippen LogP contribution >= 0.6 is 11.6 Å². The van der Waals surface area contributed by atoms with Crippen LogP contribution in [0.5, 0.6) is 0 Å². The minimum absolute atomic E-state index is 0.0158. The highest BCUT2D eigenvalue weighted by atomic mass is 35.5. The molecule has 160 valence electrons. The molecule has 0 spiro atoms. The monoisotopic (exact) mass is 440 g/mol.